The van der Waals surface area contributed by atoms with Crippen molar-refractivity contribution in [3.63, 3.8) is 0 Å². The van der Waals surface area contributed by atoms with E-state index in [4.69, 9.17) is 5.11 Å². The quantitative estimate of drug-likeness (QED) is 0.757. The van der Waals surface area contributed by atoms with Gasteiger partial charge >= 0.3 is 6.09 Å². The minimum atomic E-state index is -1.11. The molecule has 0 aliphatic carbocycles. The lowest BCUT2D eigenvalue weighted by Crippen LogP contribution is -2.08. The van der Waals surface area contributed by atoms with E-state index in [1.807, 2.05) is 18.2 Å². The van der Waals surface area contributed by atoms with Crippen LogP contribution < -0.4 is 5.32 Å². The lowest BCUT2D eigenvalue weighted by molar-refractivity contribution is 0.209. The number of aryl methyl sites for hydroxylation is 2. The summed E-state index contributed by atoms with van der Waals surface area (Å²) in [5.41, 5.74) is 2.25. The average molecular weight is 245 g/mol. The van der Waals surface area contributed by atoms with Gasteiger partial charge in [-0.05, 0) is 24.8 Å². The number of aromatic amines is 1. The zero-order valence-electron chi connectivity index (χ0n) is 9.89. The summed E-state index contributed by atoms with van der Waals surface area (Å²) in [7, 11) is 0. The first-order chi connectivity index (χ1) is 8.74. The Kier molecular flexibility index (Phi) is 3.96. The molecule has 0 bridgehead atoms. The summed E-state index contributed by atoms with van der Waals surface area (Å²) in [5, 5.41) is 10.7. The third kappa shape index (κ3) is 3.62. The second-order valence-corrected chi connectivity index (χ2v) is 4.03. The highest BCUT2D eigenvalue weighted by Gasteiger charge is 2.03. The number of rotatable bonds is 5. The first-order valence-electron chi connectivity index (χ1n) is 5.82. The van der Waals surface area contributed by atoms with Crippen LogP contribution in [0.1, 0.15) is 17.7 Å². The van der Waals surface area contributed by atoms with Crippen LogP contribution in [0.3, 0.4) is 0 Å². The van der Waals surface area contributed by atoms with Crippen LogP contribution in [0, 0.1) is 0 Å². The molecule has 1 heterocycles. The average Bonchev–Trinajstić information content (AvgIpc) is 2.77. The van der Waals surface area contributed by atoms with E-state index in [1.165, 1.54) is 5.56 Å². The first kappa shape index (κ1) is 12.2. The summed E-state index contributed by atoms with van der Waals surface area (Å²) in [4.78, 5) is 17.3. The summed E-state index contributed by atoms with van der Waals surface area (Å²) in [6.07, 6.45) is 3.40. The SMILES string of the molecule is O=C(O)Nc1ncc(CCCc2ccccc2)[nH]1. The van der Waals surface area contributed by atoms with Crippen LogP contribution in [-0.2, 0) is 12.8 Å². The molecule has 5 nitrogen and oxygen atoms in total. The maximum Gasteiger partial charge on any atom is 0.411 e. The highest BCUT2D eigenvalue weighted by molar-refractivity contribution is 5.80. The van der Waals surface area contributed by atoms with Crippen molar-refractivity contribution < 1.29 is 9.90 Å². The molecule has 18 heavy (non-hydrogen) atoms. The van der Waals surface area contributed by atoms with Crippen molar-refractivity contribution in [2.45, 2.75) is 19.3 Å². The molecule has 2 aromatic rings. The molecule has 2 rings (SSSR count). The smallest absolute Gasteiger partial charge is 0.411 e. The van der Waals surface area contributed by atoms with Gasteiger partial charge in [-0.2, -0.15) is 0 Å². The maximum atomic E-state index is 10.4. The number of anilines is 1. The Bertz CT molecular complexity index is 508. The van der Waals surface area contributed by atoms with Crippen LogP contribution in [-0.4, -0.2) is 21.2 Å². The van der Waals surface area contributed by atoms with Crippen LogP contribution in [0.4, 0.5) is 10.7 Å². The zero-order chi connectivity index (χ0) is 12.8. The molecule has 94 valence electrons. The molecular weight excluding hydrogens is 230 g/mol. The summed E-state index contributed by atoms with van der Waals surface area (Å²) in [5.74, 6) is 0.275. The van der Waals surface area contributed by atoms with Gasteiger partial charge in [0, 0.05) is 5.69 Å². The van der Waals surface area contributed by atoms with Crippen molar-refractivity contribution in [3.8, 4) is 0 Å². The molecule has 0 unspecified atom stereocenters. The Balaban J connectivity index is 1.80. The van der Waals surface area contributed by atoms with Gasteiger partial charge in [-0.15, -0.1) is 0 Å². The van der Waals surface area contributed by atoms with Crippen LogP contribution in [0.2, 0.25) is 0 Å². The fourth-order valence-corrected chi connectivity index (χ4v) is 1.78. The van der Waals surface area contributed by atoms with E-state index in [1.54, 1.807) is 6.20 Å². The van der Waals surface area contributed by atoms with Crippen molar-refractivity contribution in [1.29, 1.82) is 0 Å². The van der Waals surface area contributed by atoms with Crippen molar-refractivity contribution in [1.82, 2.24) is 9.97 Å². The second-order valence-electron chi connectivity index (χ2n) is 4.03. The van der Waals surface area contributed by atoms with Crippen LogP contribution in [0.15, 0.2) is 36.5 Å². The summed E-state index contributed by atoms with van der Waals surface area (Å²) in [6, 6.07) is 10.3. The molecule has 0 aliphatic rings. The third-order valence-corrected chi connectivity index (χ3v) is 2.61. The number of amides is 1. The van der Waals surface area contributed by atoms with Crippen LogP contribution >= 0.6 is 0 Å². The van der Waals surface area contributed by atoms with E-state index < -0.39 is 6.09 Å². The van der Waals surface area contributed by atoms with E-state index in [0.29, 0.717) is 0 Å². The number of nitrogens with zero attached hydrogens (tertiary/aromatic N) is 1. The molecule has 5 heteroatoms. The van der Waals surface area contributed by atoms with E-state index in [9.17, 15) is 4.79 Å². The molecule has 3 N–H and O–H groups in total. The van der Waals surface area contributed by atoms with Gasteiger partial charge < -0.3 is 10.1 Å². The molecule has 0 spiro atoms. The highest BCUT2D eigenvalue weighted by Crippen LogP contribution is 2.08. The fraction of sp³-hybridized carbons (Fsp3) is 0.231. The van der Waals surface area contributed by atoms with E-state index in [0.717, 1.165) is 25.0 Å². The largest absolute Gasteiger partial charge is 0.465 e. The van der Waals surface area contributed by atoms with Crippen molar-refractivity contribution >= 4 is 12.0 Å². The van der Waals surface area contributed by atoms with Crippen molar-refractivity contribution in [3.05, 3.63) is 47.8 Å². The monoisotopic (exact) mass is 245 g/mol. The molecule has 0 saturated heterocycles. The minimum absolute atomic E-state index is 0.275. The lowest BCUT2D eigenvalue weighted by Gasteiger charge is -2.00. The molecule has 1 aromatic carbocycles. The van der Waals surface area contributed by atoms with Gasteiger partial charge in [0.05, 0.1) is 6.20 Å². The third-order valence-electron chi connectivity index (χ3n) is 2.61. The normalized spacial score (nSPS) is 10.2. The topological polar surface area (TPSA) is 78.0 Å². The van der Waals surface area contributed by atoms with Gasteiger partial charge in [-0.1, -0.05) is 30.3 Å². The zero-order valence-corrected chi connectivity index (χ0v) is 9.89. The van der Waals surface area contributed by atoms with E-state index >= 15 is 0 Å². The predicted molar refractivity (Wildman–Crippen MR) is 68.7 cm³/mol. The van der Waals surface area contributed by atoms with Crippen LogP contribution in [0.5, 0.6) is 0 Å². The number of hydrogen-bond donors (Lipinski definition) is 3. The number of hydrogen-bond acceptors (Lipinski definition) is 2. The van der Waals surface area contributed by atoms with Crippen molar-refractivity contribution in [2.75, 3.05) is 5.32 Å². The predicted octanol–water partition coefficient (Wildman–Crippen LogP) is 2.67. The van der Waals surface area contributed by atoms with Gasteiger partial charge in [-0.25, -0.2) is 9.78 Å². The lowest BCUT2D eigenvalue weighted by atomic mass is 10.1. The Morgan fingerprint density at radius 1 is 1.28 bits per heavy atom. The summed E-state index contributed by atoms with van der Waals surface area (Å²) in [6.45, 7) is 0. The molecule has 1 amide bonds. The van der Waals surface area contributed by atoms with Gasteiger partial charge in [0.2, 0.25) is 5.95 Å². The minimum Gasteiger partial charge on any atom is -0.465 e. The van der Waals surface area contributed by atoms with E-state index in [2.05, 4.69) is 27.4 Å². The number of carboxylic acid groups (broad SMARTS) is 1. The summed E-state index contributed by atoms with van der Waals surface area (Å²) < 4.78 is 0. The Labute approximate surface area is 105 Å². The number of imidazole rings is 1. The Hall–Kier alpha value is -2.30. The molecule has 0 fully saturated rings. The fourth-order valence-electron chi connectivity index (χ4n) is 1.78. The standard InChI is InChI=1S/C13H15N3O2/c17-13(18)16-12-14-9-11(15-12)8-4-7-10-5-2-1-3-6-10/h1-3,5-6,9H,4,7-8H2,(H,17,18)(H2,14,15,16). The van der Waals surface area contributed by atoms with Gasteiger partial charge in [0.15, 0.2) is 0 Å². The number of aromatic nitrogens is 2. The van der Waals surface area contributed by atoms with Gasteiger partial charge in [0.1, 0.15) is 0 Å². The van der Waals surface area contributed by atoms with Crippen molar-refractivity contribution in [2.24, 2.45) is 0 Å². The molecule has 0 aliphatic heterocycles. The molecule has 0 saturated carbocycles. The molecule has 0 radical (unpaired) electrons. The first-order valence-corrected chi connectivity index (χ1v) is 5.82. The highest BCUT2D eigenvalue weighted by atomic mass is 16.4. The Morgan fingerprint density at radius 2 is 2.06 bits per heavy atom. The second kappa shape index (κ2) is 5.86. The number of carbonyl (C=O) groups is 1. The number of benzene rings is 1. The number of H-pyrrole nitrogens is 1. The van der Waals surface area contributed by atoms with Gasteiger partial charge in [0.25, 0.3) is 0 Å². The molecule has 1 aromatic heterocycles. The molecule has 0 atom stereocenters. The molecular formula is C13H15N3O2. The number of nitrogens with one attached hydrogen (secondary N) is 2. The summed E-state index contributed by atoms with van der Waals surface area (Å²) >= 11 is 0. The van der Waals surface area contributed by atoms with Crippen LogP contribution in [0.25, 0.3) is 0 Å². The Morgan fingerprint density at radius 3 is 2.78 bits per heavy atom. The van der Waals surface area contributed by atoms with E-state index in [-0.39, 0.29) is 5.95 Å². The maximum absolute atomic E-state index is 10.4. The van der Waals surface area contributed by atoms with Gasteiger partial charge in [-0.3, -0.25) is 5.32 Å².